The van der Waals surface area contributed by atoms with E-state index in [0.29, 0.717) is 22.9 Å². The first kappa shape index (κ1) is 13.2. The highest BCUT2D eigenvalue weighted by Crippen LogP contribution is 2.39. The molecule has 0 saturated heterocycles. The van der Waals surface area contributed by atoms with E-state index < -0.39 is 0 Å². The lowest BCUT2D eigenvalue weighted by Crippen LogP contribution is -2.25. The van der Waals surface area contributed by atoms with Crippen LogP contribution in [0, 0.1) is 0 Å². The fraction of sp³-hybridized carbons (Fsp3) is 0.375. The molecule has 0 aliphatic heterocycles. The van der Waals surface area contributed by atoms with Crippen LogP contribution in [-0.4, -0.2) is 19.9 Å². The summed E-state index contributed by atoms with van der Waals surface area (Å²) in [6, 6.07) is 7.36. The monoisotopic (exact) mass is 296 g/mol. The lowest BCUT2D eigenvalue weighted by molar-refractivity contribution is 0.418. The molecule has 0 bridgehead atoms. The van der Waals surface area contributed by atoms with E-state index in [1.807, 2.05) is 32.0 Å². The normalized spacial score (nSPS) is 14.9. The van der Waals surface area contributed by atoms with Gasteiger partial charge in [0.1, 0.15) is 0 Å². The van der Waals surface area contributed by atoms with E-state index in [0.717, 1.165) is 24.1 Å². The van der Waals surface area contributed by atoms with Gasteiger partial charge in [-0.25, -0.2) is 4.68 Å². The molecule has 112 valence electrons. The maximum absolute atomic E-state index is 12.5. The number of fused-ring (bicyclic) bond motifs is 1. The Balaban J connectivity index is 1.98. The maximum Gasteiger partial charge on any atom is 0.279 e. The summed E-state index contributed by atoms with van der Waals surface area (Å²) in [4.78, 5) is 17.0. The number of hydrogen-bond acceptors (Lipinski definition) is 5. The lowest BCUT2D eigenvalue weighted by atomic mass is 10.1. The minimum Gasteiger partial charge on any atom is -0.332 e. The summed E-state index contributed by atoms with van der Waals surface area (Å²) < 4.78 is 6.87. The molecule has 1 saturated carbocycles. The van der Waals surface area contributed by atoms with E-state index in [1.165, 1.54) is 4.68 Å². The van der Waals surface area contributed by atoms with Crippen LogP contribution in [0.2, 0.25) is 0 Å². The zero-order valence-corrected chi connectivity index (χ0v) is 12.5. The van der Waals surface area contributed by atoms with Gasteiger partial charge in [-0.2, -0.15) is 10.1 Å². The zero-order chi connectivity index (χ0) is 15.3. The number of aromatic nitrogens is 4. The Morgan fingerprint density at radius 3 is 2.64 bits per heavy atom. The molecule has 2 aromatic heterocycles. The van der Waals surface area contributed by atoms with E-state index in [9.17, 15) is 4.79 Å². The second kappa shape index (κ2) is 4.76. The van der Waals surface area contributed by atoms with E-state index in [2.05, 4.69) is 15.2 Å². The van der Waals surface area contributed by atoms with Crippen LogP contribution in [0.1, 0.15) is 44.5 Å². The second-order valence-electron chi connectivity index (χ2n) is 5.97. The number of rotatable bonds is 3. The van der Waals surface area contributed by atoms with Crippen LogP contribution in [0.3, 0.4) is 0 Å². The Morgan fingerprint density at radius 1 is 1.23 bits per heavy atom. The molecule has 6 heteroatoms. The summed E-state index contributed by atoms with van der Waals surface area (Å²) >= 11 is 0. The van der Waals surface area contributed by atoms with Crippen LogP contribution in [0.15, 0.2) is 33.6 Å². The van der Waals surface area contributed by atoms with Gasteiger partial charge in [0.05, 0.1) is 11.4 Å². The van der Waals surface area contributed by atoms with E-state index in [4.69, 9.17) is 4.52 Å². The minimum absolute atomic E-state index is 0.0401. The third-order valence-electron chi connectivity index (χ3n) is 3.90. The molecule has 1 aromatic carbocycles. The third-order valence-corrected chi connectivity index (χ3v) is 3.90. The SMILES string of the molecule is CC(C)n1nc(-c2nc(C3CC3)no2)c2ccccc2c1=O. The van der Waals surface area contributed by atoms with Crippen molar-refractivity contribution in [3.8, 4) is 11.6 Å². The van der Waals surface area contributed by atoms with Crippen molar-refractivity contribution in [1.82, 2.24) is 19.9 Å². The molecule has 0 amide bonds. The van der Waals surface area contributed by atoms with Crippen LogP contribution in [0.5, 0.6) is 0 Å². The molecule has 1 aliphatic rings. The van der Waals surface area contributed by atoms with Crippen molar-refractivity contribution in [2.45, 2.75) is 38.6 Å². The predicted octanol–water partition coefficient (Wildman–Crippen LogP) is 2.90. The molecule has 0 spiro atoms. The highest BCUT2D eigenvalue weighted by Gasteiger charge is 2.29. The lowest BCUT2D eigenvalue weighted by Gasteiger charge is -2.11. The van der Waals surface area contributed by atoms with Crippen LogP contribution < -0.4 is 5.56 Å². The predicted molar refractivity (Wildman–Crippen MR) is 81.7 cm³/mol. The summed E-state index contributed by atoms with van der Waals surface area (Å²) in [7, 11) is 0. The average molecular weight is 296 g/mol. The van der Waals surface area contributed by atoms with Crippen LogP contribution in [0.25, 0.3) is 22.4 Å². The van der Waals surface area contributed by atoms with Gasteiger partial charge in [-0.05, 0) is 32.8 Å². The van der Waals surface area contributed by atoms with Crippen molar-refractivity contribution >= 4 is 10.8 Å². The van der Waals surface area contributed by atoms with Gasteiger partial charge in [0.2, 0.25) is 0 Å². The van der Waals surface area contributed by atoms with Crippen molar-refractivity contribution < 1.29 is 4.52 Å². The first-order valence-corrected chi connectivity index (χ1v) is 7.50. The summed E-state index contributed by atoms with van der Waals surface area (Å²) in [5.74, 6) is 1.54. The molecular weight excluding hydrogens is 280 g/mol. The molecule has 22 heavy (non-hydrogen) atoms. The van der Waals surface area contributed by atoms with Crippen LogP contribution in [0.4, 0.5) is 0 Å². The number of hydrogen-bond donors (Lipinski definition) is 0. The maximum atomic E-state index is 12.5. The fourth-order valence-electron chi connectivity index (χ4n) is 2.55. The Morgan fingerprint density at radius 2 is 1.95 bits per heavy atom. The summed E-state index contributed by atoms with van der Waals surface area (Å²) in [5.41, 5.74) is 0.472. The van der Waals surface area contributed by atoms with Gasteiger partial charge in [-0.3, -0.25) is 4.79 Å². The fourth-order valence-corrected chi connectivity index (χ4v) is 2.55. The van der Waals surface area contributed by atoms with Gasteiger partial charge in [0, 0.05) is 11.3 Å². The van der Waals surface area contributed by atoms with Gasteiger partial charge in [-0.1, -0.05) is 23.4 Å². The van der Waals surface area contributed by atoms with E-state index in [-0.39, 0.29) is 11.6 Å². The summed E-state index contributed by atoms with van der Waals surface area (Å²) in [6.45, 7) is 3.85. The van der Waals surface area contributed by atoms with Crippen molar-refractivity contribution in [3.05, 3.63) is 40.4 Å². The largest absolute Gasteiger partial charge is 0.332 e. The van der Waals surface area contributed by atoms with Crippen molar-refractivity contribution in [2.24, 2.45) is 0 Å². The molecular formula is C16H16N4O2. The van der Waals surface area contributed by atoms with Gasteiger partial charge in [0.15, 0.2) is 11.5 Å². The Kier molecular flexibility index (Phi) is 2.85. The molecule has 3 aromatic rings. The molecule has 4 rings (SSSR count). The van der Waals surface area contributed by atoms with Gasteiger partial charge in [-0.15, -0.1) is 0 Å². The van der Waals surface area contributed by atoms with Gasteiger partial charge < -0.3 is 4.52 Å². The molecule has 0 radical (unpaired) electrons. The summed E-state index contributed by atoms with van der Waals surface area (Å²) in [6.07, 6.45) is 2.22. The molecule has 2 heterocycles. The Hall–Kier alpha value is -2.50. The van der Waals surface area contributed by atoms with Crippen LogP contribution in [-0.2, 0) is 0 Å². The van der Waals surface area contributed by atoms with Gasteiger partial charge in [0.25, 0.3) is 11.4 Å². The molecule has 0 unspecified atom stereocenters. The van der Waals surface area contributed by atoms with E-state index in [1.54, 1.807) is 6.07 Å². The minimum atomic E-state index is -0.101. The molecule has 0 N–H and O–H groups in total. The van der Waals surface area contributed by atoms with E-state index >= 15 is 0 Å². The molecule has 1 aliphatic carbocycles. The smallest absolute Gasteiger partial charge is 0.279 e. The number of benzene rings is 1. The second-order valence-corrected chi connectivity index (χ2v) is 5.97. The molecule has 1 fully saturated rings. The third kappa shape index (κ3) is 2.03. The number of nitrogens with zero attached hydrogens (tertiary/aromatic N) is 4. The summed E-state index contributed by atoms with van der Waals surface area (Å²) in [5, 5.41) is 9.88. The van der Waals surface area contributed by atoms with Crippen molar-refractivity contribution in [3.63, 3.8) is 0 Å². The van der Waals surface area contributed by atoms with Crippen LogP contribution >= 0.6 is 0 Å². The average Bonchev–Trinajstić information content (AvgIpc) is 3.26. The highest BCUT2D eigenvalue weighted by atomic mass is 16.5. The first-order valence-electron chi connectivity index (χ1n) is 7.50. The standard InChI is InChI=1S/C16H16N4O2/c1-9(2)20-16(21)12-6-4-3-5-11(12)13(18-20)15-17-14(19-22-15)10-7-8-10/h3-6,9-10H,7-8H2,1-2H3. The first-order chi connectivity index (χ1) is 10.6. The highest BCUT2D eigenvalue weighted by molar-refractivity contribution is 5.91. The Bertz CT molecular complexity index is 906. The zero-order valence-electron chi connectivity index (χ0n) is 12.5. The topological polar surface area (TPSA) is 73.8 Å². The van der Waals surface area contributed by atoms with Crippen molar-refractivity contribution in [1.29, 1.82) is 0 Å². The molecule has 6 nitrogen and oxygen atoms in total. The Labute approximate surface area is 126 Å². The van der Waals surface area contributed by atoms with Gasteiger partial charge >= 0.3 is 0 Å². The van der Waals surface area contributed by atoms with Crippen molar-refractivity contribution in [2.75, 3.05) is 0 Å². The quantitative estimate of drug-likeness (QED) is 0.743. The molecule has 0 atom stereocenters.